The number of thiazole rings is 1. The average molecular weight is 382 g/mol. The van der Waals surface area contributed by atoms with Crippen LogP contribution < -0.4 is 10.1 Å². The molecule has 1 aromatic carbocycles. The van der Waals surface area contributed by atoms with Crippen LogP contribution in [0.1, 0.15) is 30.1 Å². The number of nitrogens with one attached hydrogen (secondary N) is 1. The predicted octanol–water partition coefficient (Wildman–Crippen LogP) is 4.13. The van der Waals surface area contributed by atoms with Crippen molar-refractivity contribution in [1.82, 2.24) is 9.88 Å². The molecule has 0 radical (unpaired) electrons. The number of carbonyl (C=O) groups is 1. The van der Waals surface area contributed by atoms with E-state index in [0.717, 1.165) is 22.7 Å². The zero-order chi connectivity index (χ0) is 18.6. The maximum absolute atomic E-state index is 12.6. The minimum absolute atomic E-state index is 0.103. The number of benzene rings is 1. The van der Waals surface area contributed by atoms with Crippen molar-refractivity contribution >= 4 is 34.5 Å². The van der Waals surface area contributed by atoms with Gasteiger partial charge in [-0.2, -0.15) is 0 Å². The van der Waals surface area contributed by atoms with E-state index in [1.165, 1.54) is 0 Å². The first-order chi connectivity index (χ1) is 11.8. The van der Waals surface area contributed by atoms with Gasteiger partial charge in [-0.25, -0.2) is 4.98 Å². The van der Waals surface area contributed by atoms with Crippen LogP contribution in [0.15, 0.2) is 17.5 Å². The molecular formula is C18H24ClN3O2S. The van der Waals surface area contributed by atoms with Crippen molar-refractivity contribution in [3.8, 4) is 5.75 Å². The van der Waals surface area contributed by atoms with Crippen LogP contribution in [0.3, 0.4) is 0 Å². The van der Waals surface area contributed by atoms with Crippen molar-refractivity contribution in [3.05, 3.63) is 38.8 Å². The number of carbonyl (C=O) groups excluding carboxylic acids is 1. The third kappa shape index (κ3) is 4.93. The second-order valence-corrected chi connectivity index (χ2v) is 7.32. The number of halogens is 1. The first-order valence-corrected chi connectivity index (χ1v) is 9.40. The lowest BCUT2D eigenvalue weighted by Crippen LogP contribution is -2.39. The Kier molecular flexibility index (Phi) is 6.81. The number of nitrogens with zero attached hydrogens (tertiary/aromatic N) is 2. The molecule has 0 aliphatic heterocycles. The molecular weight excluding hydrogens is 358 g/mol. The average Bonchev–Trinajstić information content (AvgIpc) is 3.04. The zero-order valence-corrected chi connectivity index (χ0v) is 16.8. The van der Waals surface area contributed by atoms with E-state index < -0.39 is 0 Å². The number of rotatable bonds is 7. The number of hydrogen-bond donors (Lipinski definition) is 1. The molecule has 0 fully saturated rings. The lowest BCUT2D eigenvalue weighted by Gasteiger charge is -2.23. The van der Waals surface area contributed by atoms with Gasteiger partial charge in [0.05, 0.1) is 29.5 Å². The lowest BCUT2D eigenvalue weighted by atomic mass is 10.2. The SMILES string of the molecule is CCc1nc(CN(C)C(C)C(=O)Nc2cc(C)c(Cl)cc2OC)cs1. The minimum Gasteiger partial charge on any atom is -0.495 e. The molecule has 0 bridgehead atoms. The molecule has 1 N–H and O–H groups in total. The first kappa shape index (κ1) is 19.7. The van der Waals surface area contributed by atoms with E-state index in [1.807, 2.05) is 37.2 Å². The van der Waals surface area contributed by atoms with Gasteiger partial charge >= 0.3 is 0 Å². The van der Waals surface area contributed by atoms with Gasteiger partial charge < -0.3 is 10.1 Å². The van der Waals surface area contributed by atoms with Crippen LogP contribution in [-0.4, -0.2) is 36.0 Å². The molecule has 1 heterocycles. The number of amides is 1. The summed E-state index contributed by atoms with van der Waals surface area (Å²) in [6.45, 7) is 6.48. The van der Waals surface area contributed by atoms with Gasteiger partial charge in [0.1, 0.15) is 5.75 Å². The standard InChI is InChI=1S/C18H24ClN3O2S/c1-6-17-20-13(10-25-17)9-22(4)12(3)18(23)21-15-7-11(2)14(19)8-16(15)24-5/h7-8,10,12H,6,9H2,1-5H3,(H,21,23). The Hall–Kier alpha value is -1.63. The van der Waals surface area contributed by atoms with Crippen molar-refractivity contribution < 1.29 is 9.53 Å². The Morgan fingerprint density at radius 2 is 2.20 bits per heavy atom. The highest BCUT2D eigenvalue weighted by Crippen LogP contribution is 2.31. The van der Waals surface area contributed by atoms with E-state index in [0.29, 0.717) is 23.0 Å². The lowest BCUT2D eigenvalue weighted by molar-refractivity contribution is -0.120. The van der Waals surface area contributed by atoms with Gasteiger partial charge in [-0.15, -0.1) is 11.3 Å². The van der Waals surface area contributed by atoms with Gasteiger partial charge in [0.2, 0.25) is 5.91 Å². The van der Waals surface area contributed by atoms with E-state index in [1.54, 1.807) is 24.5 Å². The van der Waals surface area contributed by atoms with Gasteiger partial charge in [-0.05, 0) is 38.9 Å². The van der Waals surface area contributed by atoms with Crippen molar-refractivity contribution in [1.29, 1.82) is 0 Å². The molecule has 0 saturated carbocycles. The van der Waals surface area contributed by atoms with Gasteiger partial charge in [0, 0.05) is 23.0 Å². The van der Waals surface area contributed by atoms with Crippen LogP contribution in [0.25, 0.3) is 0 Å². The topological polar surface area (TPSA) is 54.5 Å². The van der Waals surface area contributed by atoms with E-state index in [-0.39, 0.29) is 11.9 Å². The predicted molar refractivity (Wildman–Crippen MR) is 104 cm³/mol. The smallest absolute Gasteiger partial charge is 0.241 e. The summed E-state index contributed by atoms with van der Waals surface area (Å²) in [6, 6.07) is 3.22. The molecule has 7 heteroatoms. The molecule has 25 heavy (non-hydrogen) atoms. The summed E-state index contributed by atoms with van der Waals surface area (Å²) in [6.07, 6.45) is 0.931. The van der Waals surface area contributed by atoms with Gasteiger partial charge in [0.25, 0.3) is 0 Å². The second-order valence-electron chi connectivity index (χ2n) is 5.97. The van der Waals surface area contributed by atoms with Crippen molar-refractivity contribution in [2.24, 2.45) is 0 Å². The molecule has 1 unspecified atom stereocenters. The number of aromatic nitrogens is 1. The number of ether oxygens (including phenoxy) is 1. The number of anilines is 1. The van der Waals surface area contributed by atoms with Gasteiger partial charge in [-0.3, -0.25) is 9.69 Å². The van der Waals surface area contributed by atoms with E-state index in [4.69, 9.17) is 16.3 Å². The van der Waals surface area contributed by atoms with Crippen molar-refractivity contribution in [2.75, 3.05) is 19.5 Å². The molecule has 136 valence electrons. The summed E-state index contributed by atoms with van der Waals surface area (Å²) >= 11 is 7.77. The molecule has 0 saturated heterocycles. The summed E-state index contributed by atoms with van der Waals surface area (Å²) in [4.78, 5) is 19.1. The number of hydrogen-bond acceptors (Lipinski definition) is 5. The highest BCUT2D eigenvalue weighted by Gasteiger charge is 2.20. The molecule has 1 aromatic heterocycles. The third-order valence-electron chi connectivity index (χ3n) is 4.09. The normalized spacial score (nSPS) is 12.3. The molecule has 0 spiro atoms. The monoisotopic (exact) mass is 381 g/mol. The maximum Gasteiger partial charge on any atom is 0.241 e. The summed E-state index contributed by atoms with van der Waals surface area (Å²) in [7, 11) is 3.47. The molecule has 0 aliphatic rings. The number of methoxy groups -OCH3 is 1. The second kappa shape index (κ2) is 8.65. The minimum atomic E-state index is -0.313. The van der Waals surface area contributed by atoms with Crippen LogP contribution in [0.4, 0.5) is 5.69 Å². The quantitative estimate of drug-likeness (QED) is 0.783. The molecule has 2 rings (SSSR count). The molecule has 0 aliphatic carbocycles. The van der Waals surface area contributed by atoms with Crippen LogP contribution in [0, 0.1) is 6.92 Å². The summed E-state index contributed by atoms with van der Waals surface area (Å²) in [5.41, 5.74) is 2.49. The Morgan fingerprint density at radius 1 is 1.48 bits per heavy atom. The molecule has 2 aromatic rings. The summed E-state index contributed by atoms with van der Waals surface area (Å²) < 4.78 is 5.31. The van der Waals surface area contributed by atoms with E-state index in [2.05, 4.69) is 17.2 Å². The third-order valence-corrected chi connectivity index (χ3v) is 5.54. The Balaban J connectivity index is 2.05. The van der Waals surface area contributed by atoms with E-state index >= 15 is 0 Å². The van der Waals surface area contributed by atoms with Crippen molar-refractivity contribution in [2.45, 2.75) is 39.8 Å². The van der Waals surface area contributed by atoms with Gasteiger partial charge in [-0.1, -0.05) is 18.5 Å². The fourth-order valence-electron chi connectivity index (χ4n) is 2.34. The summed E-state index contributed by atoms with van der Waals surface area (Å²) in [5, 5.41) is 6.70. The fraction of sp³-hybridized carbons (Fsp3) is 0.444. The first-order valence-electron chi connectivity index (χ1n) is 8.14. The van der Waals surface area contributed by atoms with Crippen LogP contribution >= 0.6 is 22.9 Å². The van der Waals surface area contributed by atoms with Crippen LogP contribution in [-0.2, 0) is 17.8 Å². The van der Waals surface area contributed by atoms with Crippen molar-refractivity contribution in [3.63, 3.8) is 0 Å². The highest BCUT2D eigenvalue weighted by atomic mass is 35.5. The Morgan fingerprint density at radius 3 is 2.80 bits per heavy atom. The molecule has 1 amide bonds. The highest BCUT2D eigenvalue weighted by molar-refractivity contribution is 7.09. The Labute approximate surface area is 158 Å². The largest absolute Gasteiger partial charge is 0.495 e. The number of likely N-dealkylation sites (N-methyl/N-ethyl adjacent to an activating group) is 1. The molecule has 5 nitrogen and oxygen atoms in total. The van der Waals surface area contributed by atoms with Crippen LogP contribution in [0.2, 0.25) is 5.02 Å². The fourth-order valence-corrected chi connectivity index (χ4v) is 3.23. The summed E-state index contributed by atoms with van der Waals surface area (Å²) in [5.74, 6) is 0.444. The maximum atomic E-state index is 12.6. The molecule has 1 atom stereocenters. The van der Waals surface area contributed by atoms with Gasteiger partial charge in [0.15, 0.2) is 0 Å². The van der Waals surface area contributed by atoms with Crippen LogP contribution in [0.5, 0.6) is 5.75 Å². The Bertz CT molecular complexity index is 748. The zero-order valence-electron chi connectivity index (χ0n) is 15.2. The van der Waals surface area contributed by atoms with E-state index in [9.17, 15) is 4.79 Å². The number of aryl methyl sites for hydroxylation is 2.